The maximum absolute atomic E-state index is 5.21. The average molecular weight is 264 g/mol. The van der Waals surface area contributed by atoms with Crippen LogP contribution >= 0.6 is 11.8 Å². The van der Waals surface area contributed by atoms with E-state index in [1.54, 1.807) is 7.11 Å². The zero-order valence-corrected chi connectivity index (χ0v) is 11.8. The average Bonchev–Trinajstić information content (AvgIpc) is 2.85. The highest BCUT2D eigenvalue weighted by molar-refractivity contribution is 8.14. The molecule has 0 saturated heterocycles. The van der Waals surface area contributed by atoms with Crippen LogP contribution in [0.25, 0.3) is 0 Å². The van der Waals surface area contributed by atoms with Crippen LogP contribution in [0.1, 0.15) is 25.3 Å². The molecule has 0 fully saturated rings. The van der Waals surface area contributed by atoms with Crippen molar-refractivity contribution in [2.75, 3.05) is 13.7 Å². The summed E-state index contributed by atoms with van der Waals surface area (Å²) in [6.07, 6.45) is 2.48. The van der Waals surface area contributed by atoms with Gasteiger partial charge in [-0.2, -0.15) is 0 Å². The number of rotatable bonds is 5. The zero-order chi connectivity index (χ0) is 12.8. The molecule has 1 aliphatic rings. The second-order valence-corrected chi connectivity index (χ2v) is 5.67. The van der Waals surface area contributed by atoms with E-state index in [1.165, 1.54) is 18.4 Å². The van der Waals surface area contributed by atoms with E-state index in [-0.39, 0.29) is 0 Å². The second-order valence-electron chi connectivity index (χ2n) is 4.38. The predicted molar refractivity (Wildman–Crippen MR) is 78.4 cm³/mol. The molecule has 2 rings (SSSR count). The molecule has 0 saturated carbocycles. The molecule has 98 valence electrons. The van der Waals surface area contributed by atoms with E-state index in [1.807, 2.05) is 23.9 Å². The van der Waals surface area contributed by atoms with Gasteiger partial charge in [-0.3, -0.25) is 4.99 Å². The molecule has 1 heterocycles. The fraction of sp³-hybridized carbons (Fsp3) is 0.500. The molecule has 1 N–H and O–H groups in total. The van der Waals surface area contributed by atoms with Crippen LogP contribution in [0.4, 0.5) is 0 Å². The molecule has 0 aromatic heterocycles. The van der Waals surface area contributed by atoms with Gasteiger partial charge in [-0.15, -0.1) is 0 Å². The smallest absolute Gasteiger partial charge is 0.157 e. The van der Waals surface area contributed by atoms with E-state index in [9.17, 15) is 0 Å². The van der Waals surface area contributed by atoms with Gasteiger partial charge in [0.1, 0.15) is 5.75 Å². The molecule has 1 unspecified atom stereocenters. The van der Waals surface area contributed by atoms with Crippen LogP contribution in [0.15, 0.2) is 29.3 Å². The van der Waals surface area contributed by atoms with Crippen LogP contribution in [-0.2, 0) is 6.54 Å². The molecular weight excluding hydrogens is 244 g/mol. The molecule has 0 radical (unpaired) electrons. The molecule has 0 bridgehead atoms. The Kier molecular flexibility index (Phi) is 4.93. The molecule has 4 heteroatoms. The Balaban J connectivity index is 1.81. The fourth-order valence-corrected chi connectivity index (χ4v) is 3.07. The zero-order valence-electron chi connectivity index (χ0n) is 11.0. The summed E-state index contributed by atoms with van der Waals surface area (Å²) in [6, 6.07) is 8.12. The lowest BCUT2D eigenvalue weighted by Crippen LogP contribution is -2.18. The van der Waals surface area contributed by atoms with Crippen LogP contribution in [0.2, 0.25) is 0 Å². The van der Waals surface area contributed by atoms with E-state index >= 15 is 0 Å². The lowest BCUT2D eigenvalue weighted by atomic mass is 10.2. The molecule has 1 aromatic rings. The van der Waals surface area contributed by atoms with E-state index in [2.05, 4.69) is 29.4 Å². The van der Waals surface area contributed by atoms with E-state index in [0.717, 1.165) is 24.0 Å². The van der Waals surface area contributed by atoms with Gasteiger partial charge in [0.15, 0.2) is 5.17 Å². The van der Waals surface area contributed by atoms with Crippen LogP contribution in [0.5, 0.6) is 5.75 Å². The first-order valence-corrected chi connectivity index (χ1v) is 7.27. The largest absolute Gasteiger partial charge is 0.497 e. The number of benzene rings is 1. The van der Waals surface area contributed by atoms with Gasteiger partial charge in [-0.1, -0.05) is 37.2 Å². The van der Waals surface area contributed by atoms with Crippen molar-refractivity contribution in [2.45, 2.75) is 31.6 Å². The first-order valence-electron chi connectivity index (χ1n) is 6.39. The Labute approximate surface area is 113 Å². The second kappa shape index (κ2) is 6.69. The molecule has 3 nitrogen and oxygen atoms in total. The van der Waals surface area contributed by atoms with Gasteiger partial charge in [0.2, 0.25) is 0 Å². The number of nitrogens with zero attached hydrogens (tertiary/aromatic N) is 1. The highest BCUT2D eigenvalue weighted by Crippen LogP contribution is 2.23. The maximum atomic E-state index is 5.21. The summed E-state index contributed by atoms with van der Waals surface area (Å²) in [5.41, 5.74) is 1.22. The third kappa shape index (κ3) is 3.67. The Morgan fingerprint density at radius 1 is 1.50 bits per heavy atom. The van der Waals surface area contributed by atoms with Crippen molar-refractivity contribution in [3.8, 4) is 5.75 Å². The van der Waals surface area contributed by atoms with Crippen molar-refractivity contribution in [3.05, 3.63) is 29.8 Å². The van der Waals surface area contributed by atoms with Crippen molar-refractivity contribution in [1.82, 2.24) is 5.32 Å². The quantitative estimate of drug-likeness (QED) is 0.887. The van der Waals surface area contributed by atoms with Gasteiger partial charge in [0, 0.05) is 11.8 Å². The van der Waals surface area contributed by atoms with Gasteiger partial charge < -0.3 is 10.1 Å². The standard InChI is InChI=1S/C14H20N2OS/c1-3-5-13-10-16-14(18-13)15-9-11-6-4-7-12(8-11)17-2/h4,6-8,13H,3,5,9-10H2,1-2H3,(H,15,16). The van der Waals surface area contributed by atoms with Crippen molar-refractivity contribution >= 4 is 16.9 Å². The van der Waals surface area contributed by atoms with Gasteiger partial charge in [-0.05, 0) is 24.1 Å². The van der Waals surface area contributed by atoms with Crippen LogP contribution in [0.3, 0.4) is 0 Å². The molecule has 0 spiro atoms. The van der Waals surface area contributed by atoms with Crippen LogP contribution < -0.4 is 10.1 Å². The Bertz CT molecular complexity index is 420. The van der Waals surface area contributed by atoms with Crippen molar-refractivity contribution in [1.29, 1.82) is 0 Å². The first kappa shape index (κ1) is 13.3. The summed E-state index contributed by atoms with van der Waals surface area (Å²) < 4.78 is 5.21. The number of thioether (sulfide) groups is 1. The summed E-state index contributed by atoms with van der Waals surface area (Å²) in [5, 5.41) is 5.14. The number of methoxy groups -OCH3 is 1. The Morgan fingerprint density at radius 2 is 2.39 bits per heavy atom. The summed E-state index contributed by atoms with van der Waals surface area (Å²) in [4.78, 5) is 4.53. The maximum Gasteiger partial charge on any atom is 0.157 e. The third-order valence-electron chi connectivity index (χ3n) is 2.91. The van der Waals surface area contributed by atoms with Crippen molar-refractivity contribution < 1.29 is 4.74 Å². The van der Waals surface area contributed by atoms with Crippen LogP contribution in [0, 0.1) is 0 Å². The van der Waals surface area contributed by atoms with E-state index in [4.69, 9.17) is 4.74 Å². The molecule has 18 heavy (non-hydrogen) atoms. The molecule has 1 aliphatic heterocycles. The number of hydrogen-bond donors (Lipinski definition) is 1. The first-order chi connectivity index (χ1) is 8.81. The molecule has 1 atom stereocenters. The Hall–Kier alpha value is -1.16. The molecule has 1 aromatic carbocycles. The van der Waals surface area contributed by atoms with Gasteiger partial charge in [0.25, 0.3) is 0 Å². The lowest BCUT2D eigenvalue weighted by Gasteiger charge is -2.08. The molecular formula is C14H20N2OS. The van der Waals surface area contributed by atoms with Gasteiger partial charge >= 0.3 is 0 Å². The highest BCUT2D eigenvalue weighted by Gasteiger charge is 2.18. The van der Waals surface area contributed by atoms with E-state index < -0.39 is 0 Å². The summed E-state index contributed by atoms with van der Waals surface area (Å²) >= 11 is 1.87. The fourth-order valence-electron chi connectivity index (χ4n) is 1.95. The molecule has 0 aliphatic carbocycles. The third-order valence-corrected chi connectivity index (χ3v) is 4.12. The molecule has 0 amide bonds. The minimum Gasteiger partial charge on any atom is -0.497 e. The monoisotopic (exact) mass is 264 g/mol. The van der Waals surface area contributed by atoms with Crippen LogP contribution in [-0.4, -0.2) is 24.1 Å². The Morgan fingerprint density at radius 3 is 3.17 bits per heavy atom. The normalized spacial score (nSPS) is 18.6. The van der Waals surface area contributed by atoms with Gasteiger partial charge in [-0.25, -0.2) is 0 Å². The summed E-state index contributed by atoms with van der Waals surface area (Å²) in [5.74, 6) is 0.902. The lowest BCUT2D eigenvalue weighted by molar-refractivity contribution is 0.414. The van der Waals surface area contributed by atoms with E-state index in [0.29, 0.717) is 5.25 Å². The minimum absolute atomic E-state index is 0.669. The van der Waals surface area contributed by atoms with Crippen molar-refractivity contribution in [2.24, 2.45) is 4.99 Å². The summed E-state index contributed by atoms with van der Waals surface area (Å²) in [6.45, 7) is 3.99. The number of ether oxygens (including phenoxy) is 1. The van der Waals surface area contributed by atoms with Gasteiger partial charge in [0.05, 0.1) is 13.7 Å². The topological polar surface area (TPSA) is 33.6 Å². The minimum atomic E-state index is 0.669. The number of amidine groups is 1. The number of aliphatic imine (C=N–C) groups is 1. The predicted octanol–water partition coefficient (Wildman–Crippen LogP) is 3.06. The highest BCUT2D eigenvalue weighted by atomic mass is 32.2. The SMILES string of the molecule is CCCC1CN=C(NCc2cccc(OC)c2)S1. The van der Waals surface area contributed by atoms with Crippen molar-refractivity contribution in [3.63, 3.8) is 0 Å². The number of hydrogen-bond acceptors (Lipinski definition) is 4. The summed E-state index contributed by atoms with van der Waals surface area (Å²) in [7, 11) is 1.69. The number of nitrogens with one attached hydrogen (secondary N) is 1.